The molecule has 4 aromatic rings. The van der Waals surface area contributed by atoms with E-state index < -0.39 is 11.6 Å². The van der Waals surface area contributed by atoms with Crippen LogP contribution in [0.15, 0.2) is 75.6 Å². The summed E-state index contributed by atoms with van der Waals surface area (Å²) in [5, 5.41) is 6.62. The van der Waals surface area contributed by atoms with Gasteiger partial charge in [0.2, 0.25) is 11.8 Å². The molecule has 0 saturated heterocycles. The van der Waals surface area contributed by atoms with Crippen molar-refractivity contribution in [2.24, 2.45) is 5.73 Å². The number of amides is 3. The van der Waals surface area contributed by atoms with Gasteiger partial charge in [0.1, 0.15) is 17.4 Å². The number of nitrogens with two attached hydrogens (primary N) is 1. The second-order valence-corrected chi connectivity index (χ2v) is 12.2. The van der Waals surface area contributed by atoms with Gasteiger partial charge in [0, 0.05) is 35.1 Å². The van der Waals surface area contributed by atoms with Crippen LogP contribution in [-0.2, 0) is 22.6 Å². The fourth-order valence-electron chi connectivity index (χ4n) is 5.38. The van der Waals surface area contributed by atoms with Crippen LogP contribution in [0, 0.1) is 0 Å². The van der Waals surface area contributed by atoms with Gasteiger partial charge in [-0.1, -0.05) is 42.5 Å². The number of benzene rings is 3. The Bertz CT molecular complexity index is 1660. The first kappa shape index (κ1) is 29.5. The first-order valence-electron chi connectivity index (χ1n) is 14.1. The van der Waals surface area contributed by atoms with E-state index in [0.29, 0.717) is 48.4 Å². The molecular formula is C33H35BrN4O4. The van der Waals surface area contributed by atoms with Crippen LogP contribution in [0.4, 0.5) is 5.69 Å². The van der Waals surface area contributed by atoms with Gasteiger partial charge in [-0.05, 0) is 84.9 Å². The van der Waals surface area contributed by atoms with Gasteiger partial charge >= 0.3 is 0 Å². The van der Waals surface area contributed by atoms with Crippen molar-refractivity contribution in [3.63, 3.8) is 0 Å². The van der Waals surface area contributed by atoms with E-state index in [4.69, 9.17) is 10.2 Å². The lowest BCUT2D eigenvalue weighted by Crippen LogP contribution is -2.49. The predicted molar refractivity (Wildman–Crippen MR) is 168 cm³/mol. The number of nitrogens with zero attached hydrogens (tertiary/aromatic N) is 1. The average molecular weight is 632 g/mol. The third kappa shape index (κ3) is 6.27. The molecule has 1 aromatic heterocycles. The SMILES string of the molecule is CCNC(=O)c1ccccc1-c1oc2ccc(CN3C(=O)[C@H](NC(=O)CC(C)(C)N)CCc4ccccc43)cc2c1Br. The van der Waals surface area contributed by atoms with E-state index >= 15 is 0 Å². The summed E-state index contributed by atoms with van der Waals surface area (Å²) in [6.45, 7) is 6.29. The van der Waals surface area contributed by atoms with E-state index in [1.54, 1.807) is 24.8 Å². The molecule has 3 aromatic carbocycles. The molecule has 1 aliphatic rings. The van der Waals surface area contributed by atoms with Gasteiger partial charge in [-0.25, -0.2) is 0 Å². The summed E-state index contributed by atoms with van der Waals surface area (Å²) in [7, 11) is 0. The quantitative estimate of drug-likeness (QED) is 0.231. The topological polar surface area (TPSA) is 118 Å². The van der Waals surface area contributed by atoms with Gasteiger partial charge in [-0.2, -0.15) is 0 Å². The van der Waals surface area contributed by atoms with E-state index in [-0.39, 0.29) is 24.1 Å². The highest BCUT2D eigenvalue weighted by Crippen LogP contribution is 2.40. The van der Waals surface area contributed by atoms with Crippen LogP contribution in [0.3, 0.4) is 0 Å². The average Bonchev–Trinajstić information content (AvgIpc) is 3.22. The number of fused-ring (bicyclic) bond motifs is 2. The molecule has 0 radical (unpaired) electrons. The van der Waals surface area contributed by atoms with Gasteiger partial charge in [0.05, 0.1) is 16.6 Å². The van der Waals surface area contributed by atoms with Crippen molar-refractivity contribution in [1.29, 1.82) is 0 Å². The van der Waals surface area contributed by atoms with Crippen molar-refractivity contribution >= 4 is 50.3 Å². The third-order valence-electron chi connectivity index (χ3n) is 7.29. The molecule has 1 atom stereocenters. The van der Waals surface area contributed by atoms with Crippen molar-refractivity contribution in [3.05, 3.63) is 87.9 Å². The maximum absolute atomic E-state index is 13.9. The Hall–Kier alpha value is -3.95. The second-order valence-electron chi connectivity index (χ2n) is 11.4. The summed E-state index contributed by atoms with van der Waals surface area (Å²) >= 11 is 3.72. The van der Waals surface area contributed by atoms with Crippen LogP contribution in [0.25, 0.3) is 22.3 Å². The molecule has 4 N–H and O–H groups in total. The zero-order valence-electron chi connectivity index (χ0n) is 24.0. The maximum Gasteiger partial charge on any atom is 0.252 e. The minimum Gasteiger partial charge on any atom is -0.455 e. The van der Waals surface area contributed by atoms with Crippen molar-refractivity contribution < 1.29 is 18.8 Å². The Kier molecular flexibility index (Phi) is 8.52. The lowest BCUT2D eigenvalue weighted by Gasteiger charge is -2.27. The zero-order chi connectivity index (χ0) is 30.0. The summed E-state index contributed by atoms with van der Waals surface area (Å²) in [5.41, 5.74) is 10.0. The van der Waals surface area contributed by atoms with Crippen molar-refractivity contribution in [2.75, 3.05) is 11.4 Å². The second kappa shape index (κ2) is 12.1. The number of hydrogen-bond acceptors (Lipinski definition) is 5. The van der Waals surface area contributed by atoms with Gasteiger partial charge in [0.25, 0.3) is 5.91 Å². The van der Waals surface area contributed by atoms with E-state index in [1.165, 1.54) is 0 Å². The van der Waals surface area contributed by atoms with E-state index in [2.05, 4.69) is 26.6 Å². The van der Waals surface area contributed by atoms with E-state index in [9.17, 15) is 14.4 Å². The van der Waals surface area contributed by atoms with Gasteiger partial charge in [0.15, 0.2) is 0 Å². The molecule has 0 saturated carbocycles. The summed E-state index contributed by atoms with van der Waals surface area (Å²) in [4.78, 5) is 41.1. The first-order chi connectivity index (χ1) is 20.1. The normalized spacial score (nSPS) is 15.3. The minimum atomic E-state index is -0.674. The lowest BCUT2D eigenvalue weighted by molar-refractivity contribution is -0.128. The number of hydrogen-bond donors (Lipinski definition) is 3. The molecule has 0 fully saturated rings. The summed E-state index contributed by atoms with van der Waals surface area (Å²) in [6, 6.07) is 20.3. The van der Waals surface area contributed by atoms with Crippen LogP contribution in [0.1, 0.15) is 55.1 Å². The maximum atomic E-state index is 13.9. The molecule has 3 amide bonds. The summed E-state index contributed by atoms with van der Waals surface area (Å²) in [5.74, 6) is -0.0103. The van der Waals surface area contributed by atoms with Crippen molar-refractivity contribution in [3.8, 4) is 11.3 Å². The highest BCUT2D eigenvalue weighted by atomic mass is 79.9. The highest BCUT2D eigenvalue weighted by molar-refractivity contribution is 9.10. The molecule has 0 aliphatic carbocycles. The van der Waals surface area contributed by atoms with Crippen molar-refractivity contribution in [2.45, 2.75) is 58.2 Å². The van der Waals surface area contributed by atoms with Crippen LogP contribution in [0.2, 0.25) is 0 Å². The van der Waals surface area contributed by atoms with Gasteiger partial charge < -0.3 is 25.7 Å². The summed E-state index contributed by atoms with van der Waals surface area (Å²) < 4.78 is 6.96. The highest BCUT2D eigenvalue weighted by Gasteiger charge is 2.32. The zero-order valence-corrected chi connectivity index (χ0v) is 25.6. The number of carbonyl (C=O) groups is 3. The Morgan fingerprint density at radius 2 is 1.83 bits per heavy atom. The molecule has 0 bridgehead atoms. The summed E-state index contributed by atoms with van der Waals surface area (Å²) in [6.07, 6.45) is 1.29. The Balaban J connectivity index is 1.48. The molecule has 42 heavy (non-hydrogen) atoms. The number of rotatable bonds is 8. The van der Waals surface area contributed by atoms with Crippen LogP contribution in [-0.4, -0.2) is 35.8 Å². The van der Waals surface area contributed by atoms with Crippen LogP contribution < -0.4 is 21.3 Å². The molecule has 0 spiro atoms. The standard InChI is InChI=1S/C33H35BrN4O4/c1-4-36-31(40)23-11-7-6-10-22(23)30-29(34)24-17-20(13-16-27(24)42-30)19-38-26-12-8-5-9-21(26)14-15-25(32(38)41)37-28(39)18-33(2,3)35/h5-13,16-17,25H,4,14-15,18-19,35H2,1-3H3,(H,36,40)(H,37,39)/t25-/m1/s1. The number of aryl methyl sites for hydroxylation is 1. The van der Waals surface area contributed by atoms with Gasteiger partial charge in [-0.3, -0.25) is 14.4 Å². The Morgan fingerprint density at radius 1 is 1.10 bits per heavy atom. The lowest BCUT2D eigenvalue weighted by atomic mass is 10.0. The molecule has 8 nitrogen and oxygen atoms in total. The molecule has 5 rings (SSSR count). The van der Waals surface area contributed by atoms with E-state index in [1.807, 2.05) is 67.6 Å². The number of para-hydroxylation sites is 1. The van der Waals surface area contributed by atoms with Crippen LogP contribution in [0.5, 0.6) is 0 Å². The fourth-order valence-corrected chi connectivity index (χ4v) is 5.98. The minimum absolute atomic E-state index is 0.125. The first-order valence-corrected chi connectivity index (χ1v) is 14.9. The van der Waals surface area contributed by atoms with Gasteiger partial charge in [-0.15, -0.1) is 0 Å². The molecule has 2 heterocycles. The Labute approximate surface area is 253 Å². The molecule has 0 unspecified atom stereocenters. The smallest absolute Gasteiger partial charge is 0.252 e. The monoisotopic (exact) mass is 630 g/mol. The van der Waals surface area contributed by atoms with E-state index in [0.717, 1.165) is 26.7 Å². The predicted octanol–water partition coefficient (Wildman–Crippen LogP) is 5.70. The van der Waals surface area contributed by atoms with Crippen molar-refractivity contribution in [1.82, 2.24) is 10.6 Å². The number of furan rings is 1. The number of halogens is 1. The van der Waals surface area contributed by atoms with Crippen LogP contribution >= 0.6 is 15.9 Å². The number of anilines is 1. The number of carbonyl (C=O) groups excluding carboxylic acids is 3. The molecule has 1 aliphatic heterocycles. The molecule has 218 valence electrons. The third-order valence-corrected chi connectivity index (χ3v) is 8.07. The largest absolute Gasteiger partial charge is 0.455 e. The molecular weight excluding hydrogens is 596 g/mol. The number of nitrogens with one attached hydrogen (secondary N) is 2. The Morgan fingerprint density at radius 3 is 2.60 bits per heavy atom. The fraction of sp³-hybridized carbons (Fsp3) is 0.303. The molecule has 9 heteroatoms.